The summed E-state index contributed by atoms with van der Waals surface area (Å²) in [5, 5.41) is 19.2. The minimum absolute atomic E-state index is 0.135. The van der Waals surface area contributed by atoms with E-state index in [0.29, 0.717) is 52.4 Å². The fraction of sp³-hybridized carbons (Fsp3) is 0.842. The summed E-state index contributed by atoms with van der Waals surface area (Å²) in [6, 6.07) is 0. The SMILES string of the molecule is CC(C)(C)OC(=O)NCCCCC(=O)O.COCCOCCOCCOCC(=O)O. The third kappa shape index (κ3) is 30.8. The van der Waals surface area contributed by atoms with E-state index < -0.39 is 23.6 Å². The Bertz CT molecular complexity index is 451. The van der Waals surface area contributed by atoms with Gasteiger partial charge in [-0.2, -0.15) is 0 Å². The lowest BCUT2D eigenvalue weighted by molar-refractivity contribution is -0.142. The molecule has 0 aromatic rings. The summed E-state index contributed by atoms with van der Waals surface area (Å²) in [5.41, 5.74) is -0.495. The molecule has 3 N–H and O–H groups in total. The number of rotatable bonds is 16. The molecular formula is C19H37NO10. The number of carboxylic acids is 2. The van der Waals surface area contributed by atoms with E-state index in [9.17, 15) is 14.4 Å². The summed E-state index contributed by atoms with van der Waals surface area (Å²) < 4.78 is 24.8. The van der Waals surface area contributed by atoms with Gasteiger partial charge in [0.25, 0.3) is 0 Å². The molecule has 0 saturated carbocycles. The van der Waals surface area contributed by atoms with Gasteiger partial charge >= 0.3 is 18.0 Å². The molecular weight excluding hydrogens is 402 g/mol. The summed E-state index contributed by atoms with van der Waals surface area (Å²) in [5.74, 6) is -1.79. The van der Waals surface area contributed by atoms with Gasteiger partial charge in [-0.05, 0) is 33.6 Å². The van der Waals surface area contributed by atoms with Crippen molar-refractivity contribution in [2.24, 2.45) is 0 Å². The molecule has 11 heteroatoms. The number of amides is 1. The topological polar surface area (TPSA) is 150 Å². The Hall–Kier alpha value is -1.95. The number of unbranched alkanes of at least 4 members (excludes halogenated alkanes) is 1. The average molecular weight is 440 g/mol. The largest absolute Gasteiger partial charge is 0.481 e. The first-order valence-corrected chi connectivity index (χ1v) is 9.71. The molecule has 11 nitrogen and oxygen atoms in total. The van der Waals surface area contributed by atoms with Crippen LogP contribution in [0, 0.1) is 0 Å². The van der Waals surface area contributed by atoms with Crippen molar-refractivity contribution in [2.75, 3.05) is 59.9 Å². The molecule has 0 bridgehead atoms. The first kappa shape index (κ1) is 30.2. The van der Waals surface area contributed by atoms with Crippen LogP contribution in [-0.4, -0.2) is 93.7 Å². The minimum Gasteiger partial charge on any atom is -0.481 e. The Morgan fingerprint density at radius 1 is 0.800 bits per heavy atom. The van der Waals surface area contributed by atoms with Crippen LogP contribution in [-0.2, 0) is 33.3 Å². The number of alkyl carbamates (subject to hydrolysis) is 1. The molecule has 0 spiro atoms. The quantitative estimate of drug-likeness (QED) is 0.302. The van der Waals surface area contributed by atoms with Gasteiger partial charge in [0.15, 0.2) is 0 Å². The van der Waals surface area contributed by atoms with Crippen LogP contribution in [0.1, 0.15) is 40.0 Å². The maximum absolute atomic E-state index is 11.1. The zero-order valence-electron chi connectivity index (χ0n) is 18.4. The lowest BCUT2D eigenvalue weighted by Gasteiger charge is -2.19. The predicted octanol–water partition coefficient (Wildman–Crippen LogP) is 1.53. The number of carbonyl (C=O) groups excluding carboxylic acids is 1. The van der Waals surface area contributed by atoms with E-state index in [4.69, 9.17) is 33.9 Å². The van der Waals surface area contributed by atoms with Crippen LogP contribution in [0.2, 0.25) is 0 Å². The molecule has 0 aliphatic carbocycles. The van der Waals surface area contributed by atoms with Crippen LogP contribution in [0.25, 0.3) is 0 Å². The van der Waals surface area contributed by atoms with Gasteiger partial charge in [-0.25, -0.2) is 9.59 Å². The second-order valence-corrected chi connectivity index (χ2v) is 6.94. The van der Waals surface area contributed by atoms with Crippen molar-refractivity contribution in [1.29, 1.82) is 0 Å². The van der Waals surface area contributed by atoms with Crippen LogP contribution < -0.4 is 5.32 Å². The highest BCUT2D eigenvalue weighted by Crippen LogP contribution is 2.06. The zero-order valence-corrected chi connectivity index (χ0v) is 18.4. The molecule has 0 fully saturated rings. The van der Waals surface area contributed by atoms with E-state index in [1.165, 1.54) is 0 Å². The highest BCUT2D eigenvalue weighted by Gasteiger charge is 2.15. The zero-order chi connectivity index (χ0) is 23.3. The summed E-state index contributed by atoms with van der Waals surface area (Å²) >= 11 is 0. The summed E-state index contributed by atoms with van der Waals surface area (Å²) in [4.78, 5) is 31.3. The van der Waals surface area contributed by atoms with Crippen molar-refractivity contribution in [3.63, 3.8) is 0 Å². The van der Waals surface area contributed by atoms with Crippen LogP contribution in [0.15, 0.2) is 0 Å². The fourth-order valence-electron chi connectivity index (χ4n) is 1.65. The fourth-order valence-corrected chi connectivity index (χ4v) is 1.65. The molecule has 0 saturated heterocycles. The minimum atomic E-state index is -0.974. The van der Waals surface area contributed by atoms with Gasteiger partial charge in [0.1, 0.15) is 12.2 Å². The van der Waals surface area contributed by atoms with Crippen LogP contribution in [0.4, 0.5) is 4.79 Å². The van der Waals surface area contributed by atoms with Crippen LogP contribution >= 0.6 is 0 Å². The van der Waals surface area contributed by atoms with Gasteiger partial charge in [0, 0.05) is 20.1 Å². The number of ether oxygens (including phenoxy) is 5. The summed E-state index contributed by atoms with van der Waals surface area (Å²) in [6.07, 6.45) is 0.880. The highest BCUT2D eigenvalue weighted by molar-refractivity contribution is 5.68. The molecule has 0 aliphatic rings. The maximum Gasteiger partial charge on any atom is 0.407 e. The Balaban J connectivity index is 0. The number of carboxylic acid groups (broad SMARTS) is 2. The second kappa shape index (κ2) is 20.3. The third-order valence-electron chi connectivity index (χ3n) is 2.89. The van der Waals surface area contributed by atoms with E-state index in [-0.39, 0.29) is 19.6 Å². The number of methoxy groups -OCH3 is 1. The van der Waals surface area contributed by atoms with Crippen molar-refractivity contribution in [2.45, 2.75) is 45.6 Å². The smallest absolute Gasteiger partial charge is 0.407 e. The molecule has 0 unspecified atom stereocenters. The standard InChI is InChI=1S/C10H19NO4.C9H18O6/c1-10(2,3)15-9(14)11-7-5-4-6-8(12)13;1-12-2-3-13-4-5-14-6-7-15-8-9(10)11/h4-7H2,1-3H3,(H,11,14)(H,12,13);2-8H2,1H3,(H,10,11). The molecule has 0 aromatic heterocycles. The lowest BCUT2D eigenvalue weighted by Crippen LogP contribution is -2.33. The van der Waals surface area contributed by atoms with Gasteiger partial charge in [-0.1, -0.05) is 0 Å². The van der Waals surface area contributed by atoms with Crippen LogP contribution in [0.3, 0.4) is 0 Å². The molecule has 0 radical (unpaired) electrons. The van der Waals surface area contributed by atoms with Gasteiger partial charge in [0.2, 0.25) is 0 Å². The van der Waals surface area contributed by atoms with Crippen molar-refractivity contribution in [3.8, 4) is 0 Å². The molecule has 0 rings (SSSR count). The average Bonchev–Trinajstić information content (AvgIpc) is 2.61. The lowest BCUT2D eigenvalue weighted by atomic mass is 10.2. The first-order chi connectivity index (χ1) is 14.1. The van der Waals surface area contributed by atoms with Gasteiger partial charge < -0.3 is 39.2 Å². The second-order valence-electron chi connectivity index (χ2n) is 6.94. The Kier molecular flexibility index (Phi) is 20.5. The summed E-state index contributed by atoms with van der Waals surface area (Å²) in [7, 11) is 1.61. The van der Waals surface area contributed by atoms with E-state index in [0.717, 1.165) is 0 Å². The number of aliphatic carboxylic acids is 2. The number of nitrogens with one attached hydrogen (secondary N) is 1. The molecule has 30 heavy (non-hydrogen) atoms. The highest BCUT2D eigenvalue weighted by atomic mass is 16.6. The molecule has 1 amide bonds. The molecule has 0 aromatic carbocycles. The number of hydrogen-bond acceptors (Lipinski definition) is 8. The normalized spacial score (nSPS) is 10.7. The van der Waals surface area contributed by atoms with E-state index >= 15 is 0 Å². The van der Waals surface area contributed by atoms with Crippen molar-refractivity contribution < 1.29 is 48.3 Å². The molecule has 0 aliphatic heterocycles. The summed E-state index contributed by atoms with van der Waals surface area (Å²) in [6.45, 7) is 8.28. The van der Waals surface area contributed by atoms with E-state index in [2.05, 4.69) is 5.32 Å². The monoisotopic (exact) mass is 439 g/mol. The maximum atomic E-state index is 11.1. The number of carbonyl (C=O) groups is 3. The van der Waals surface area contributed by atoms with E-state index in [1.807, 2.05) is 0 Å². The third-order valence-corrected chi connectivity index (χ3v) is 2.89. The molecule has 0 atom stereocenters. The van der Waals surface area contributed by atoms with Crippen molar-refractivity contribution >= 4 is 18.0 Å². The van der Waals surface area contributed by atoms with Crippen molar-refractivity contribution in [1.82, 2.24) is 5.32 Å². The Morgan fingerprint density at radius 2 is 1.33 bits per heavy atom. The van der Waals surface area contributed by atoms with Gasteiger partial charge in [0.05, 0.1) is 39.6 Å². The van der Waals surface area contributed by atoms with Gasteiger partial charge in [-0.15, -0.1) is 0 Å². The first-order valence-electron chi connectivity index (χ1n) is 9.71. The Labute approximate surface area is 178 Å². The van der Waals surface area contributed by atoms with E-state index in [1.54, 1.807) is 27.9 Å². The molecule has 0 heterocycles. The Morgan fingerprint density at radius 3 is 1.80 bits per heavy atom. The number of hydrogen-bond donors (Lipinski definition) is 3. The van der Waals surface area contributed by atoms with Crippen LogP contribution in [0.5, 0.6) is 0 Å². The van der Waals surface area contributed by atoms with Crippen molar-refractivity contribution in [3.05, 3.63) is 0 Å². The van der Waals surface area contributed by atoms with Gasteiger partial charge in [-0.3, -0.25) is 4.79 Å². The predicted molar refractivity (Wildman–Crippen MR) is 108 cm³/mol. The molecule has 178 valence electrons.